The van der Waals surface area contributed by atoms with Crippen LogP contribution < -0.4 is 21.4 Å². The second-order valence-corrected chi connectivity index (χ2v) is 14.3. The first-order valence-electron chi connectivity index (χ1n) is 17.9. The summed E-state index contributed by atoms with van der Waals surface area (Å²) in [4.78, 5) is 54.5. The van der Waals surface area contributed by atoms with E-state index in [-0.39, 0.29) is 19.0 Å². The van der Waals surface area contributed by atoms with Crippen molar-refractivity contribution in [1.82, 2.24) is 31.3 Å². The molecule has 2 atom stereocenters. The quantitative estimate of drug-likeness (QED) is 0.0670. The molecule has 3 rings (SSSR count). The van der Waals surface area contributed by atoms with E-state index in [2.05, 4.69) is 21.4 Å². The van der Waals surface area contributed by atoms with Gasteiger partial charge in [0.15, 0.2) is 6.29 Å². The second kappa shape index (κ2) is 21.3. The van der Waals surface area contributed by atoms with Crippen molar-refractivity contribution in [3.8, 4) is 0 Å². The molecule has 0 aliphatic carbocycles. The molecule has 5 amide bonds. The van der Waals surface area contributed by atoms with Gasteiger partial charge in [0, 0.05) is 44.6 Å². The number of ether oxygens (including phenoxy) is 3. The fourth-order valence-electron chi connectivity index (χ4n) is 5.49. The van der Waals surface area contributed by atoms with Gasteiger partial charge in [0.2, 0.25) is 11.8 Å². The van der Waals surface area contributed by atoms with Crippen molar-refractivity contribution in [2.75, 3.05) is 33.4 Å². The van der Waals surface area contributed by atoms with Crippen LogP contribution in [0.5, 0.6) is 0 Å². The molecule has 1 heterocycles. The molecule has 0 aliphatic heterocycles. The number of hydrogen-bond acceptors (Lipinski definition) is 9. The van der Waals surface area contributed by atoms with Crippen molar-refractivity contribution in [3.05, 3.63) is 71.1 Å². The highest BCUT2D eigenvalue weighted by atomic mass is 32.1. The van der Waals surface area contributed by atoms with Crippen LogP contribution in [0.3, 0.4) is 0 Å². The van der Waals surface area contributed by atoms with Gasteiger partial charge in [0.1, 0.15) is 11.6 Å². The molecule has 3 aromatic rings. The molecular weight excluding hydrogens is 685 g/mol. The van der Waals surface area contributed by atoms with E-state index < -0.39 is 42.0 Å². The molecule has 0 spiro atoms. The third-order valence-electron chi connectivity index (χ3n) is 7.92. The summed E-state index contributed by atoms with van der Waals surface area (Å²) in [7, 11) is 1.58. The molecule has 0 unspecified atom stereocenters. The van der Waals surface area contributed by atoms with Crippen LogP contribution in [0.4, 0.5) is 9.59 Å². The number of urea groups is 1. The number of thiophene rings is 1. The Kier molecular flexibility index (Phi) is 17.3. The van der Waals surface area contributed by atoms with E-state index in [4.69, 9.17) is 14.2 Å². The summed E-state index contributed by atoms with van der Waals surface area (Å²) in [5.41, 5.74) is 3.94. The first kappa shape index (κ1) is 42.2. The van der Waals surface area contributed by atoms with E-state index in [1.54, 1.807) is 44.1 Å². The molecular formula is C38H56N6O7S. The monoisotopic (exact) mass is 740 g/mol. The van der Waals surface area contributed by atoms with Crippen LogP contribution in [-0.4, -0.2) is 91.2 Å². The molecule has 14 heteroatoms. The Balaban J connectivity index is 1.77. The SMILES string of the molecule is CCOC(OCC)[C@H](C)N(Cc1csc2ccccc12)C(=O)[C@H](CCCCNC(=O)OC(C)(C)C)NC(=O)CN(C)NC(=O)NCc1ccccc1. The molecule has 0 saturated heterocycles. The Morgan fingerprint density at radius 3 is 2.25 bits per heavy atom. The third kappa shape index (κ3) is 14.4. The molecule has 0 radical (unpaired) electrons. The number of alkyl carbamates (subject to hydrolysis) is 1. The number of nitrogens with zero attached hydrogens (tertiary/aromatic N) is 2. The van der Waals surface area contributed by atoms with Gasteiger partial charge in [-0.15, -0.1) is 11.3 Å². The van der Waals surface area contributed by atoms with Gasteiger partial charge < -0.3 is 35.1 Å². The predicted octanol–water partition coefficient (Wildman–Crippen LogP) is 5.54. The Labute approximate surface area is 311 Å². The molecule has 2 aromatic carbocycles. The van der Waals surface area contributed by atoms with E-state index in [9.17, 15) is 19.2 Å². The summed E-state index contributed by atoms with van der Waals surface area (Å²) in [5, 5.41) is 12.9. The summed E-state index contributed by atoms with van der Waals surface area (Å²) in [6, 6.07) is 15.6. The van der Waals surface area contributed by atoms with Crippen LogP contribution in [0, 0.1) is 0 Å². The lowest BCUT2D eigenvalue weighted by Gasteiger charge is -2.36. The van der Waals surface area contributed by atoms with Crippen molar-refractivity contribution in [2.24, 2.45) is 0 Å². The van der Waals surface area contributed by atoms with E-state index in [1.807, 2.05) is 80.7 Å². The maximum Gasteiger partial charge on any atom is 0.407 e. The van der Waals surface area contributed by atoms with Gasteiger partial charge in [-0.3, -0.25) is 15.0 Å². The lowest BCUT2D eigenvalue weighted by molar-refractivity contribution is -0.179. The van der Waals surface area contributed by atoms with Crippen molar-refractivity contribution in [2.45, 2.75) is 97.9 Å². The van der Waals surface area contributed by atoms with Gasteiger partial charge in [-0.25, -0.2) is 14.6 Å². The number of carbonyl (C=O) groups excluding carboxylic acids is 4. The average Bonchev–Trinajstić information content (AvgIpc) is 3.50. The third-order valence-corrected chi connectivity index (χ3v) is 8.93. The first-order valence-corrected chi connectivity index (χ1v) is 18.7. The molecule has 286 valence electrons. The fraction of sp³-hybridized carbons (Fsp3) is 0.526. The zero-order valence-electron chi connectivity index (χ0n) is 31.5. The average molecular weight is 741 g/mol. The molecule has 52 heavy (non-hydrogen) atoms. The molecule has 0 fully saturated rings. The van der Waals surface area contributed by atoms with Gasteiger partial charge in [0.25, 0.3) is 0 Å². The van der Waals surface area contributed by atoms with Crippen LogP contribution in [0.15, 0.2) is 60.0 Å². The maximum atomic E-state index is 14.6. The summed E-state index contributed by atoms with van der Waals surface area (Å²) >= 11 is 1.61. The Morgan fingerprint density at radius 1 is 0.904 bits per heavy atom. The molecule has 0 aliphatic rings. The molecule has 0 saturated carbocycles. The number of amides is 5. The maximum absolute atomic E-state index is 14.6. The molecule has 4 N–H and O–H groups in total. The number of nitrogens with one attached hydrogen (secondary N) is 4. The van der Waals surface area contributed by atoms with Gasteiger partial charge in [0.05, 0.1) is 12.6 Å². The van der Waals surface area contributed by atoms with Crippen LogP contribution in [0.25, 0.3) is 10.1 Å². The lowest BCUT2D eigenvalue weighted by Crippen LogP contribution is -2.56. The summed E-state index contributed by atoms with van der Waals surface area (Å²) in [5.74, 6) is -0.743. The van der Waals surface area contributed by atoms with E-state index in [0.717, 1.165) is 21.2 Å². The highest BCUT2D eigenvalue weighted by Crippen LogP contribution is 2.28. The fourth-order valence-corrected chi connectivity index (χ4v) is 6.44. The predicted molar refractivity (Wildman–Crippen MR) is 203 cm³/mol. The highest BCUT2D eigenvalue weighted by molar-refractivity contribution is 7.17. The smallest absolute Gasteiger partial charge is 0.407 e. The van der Waals surface area contributed by atoms with Crippen molar-refractivity contribution >= 4 is 45.4 Å². The summed E-state index contributed by atoms with van der Waals surface area (Å²) in [6.07, 6.45) is 0.164. The normalized spacial score (nSPS) is 12.7. The largest absolute Gasteiger partial charge is 0.444 e. The number of likely N-dealkylation sites (N-methyl/N-ethyl adjacent to an activating group) is 1. The van der Waals surface area contributed by atoms with E-state index in [1.165, 1.54) is 5.01 Å². The zero-order valence-corrected chi connectivity index (χ0v) is 32.3. The van der Waals surface area contributed by atoms with Gasteiger partial charge in [-0.2, -0.15) is 0 Å². The van der Waals surface area contributed by atoms with Crippen LogP contribution in [0.2, 0.25) is 0 Å². The number of rotatable bonds is 20. The Bertz CT molecular complexity index is 1560. The van der Waals surface area contributed by atoms with E-state index in [0.29, 0.717) is 45.6 Å². The first-order chi connectivity index (χ1) is 24.8. The molecule has 0 bridgehead atoms. The van der Waals surface area contributed by atoms with E-state index >= 15 is 0 Å². The van der Waals surface area contributed by atoms with Gasteiger partial charge >= 0.3 is 12.1 Å². The lowest BCUT2D eigenvalue weighted by atomic mass is 10.0. The highest BCUT2D eigenvalue weighted by Gasteiger charge is 2.34. The molecule has 13 nitrogen and oxygen atoms in total. The van der Waals surface area contributed by atoms with Crippen molar-refractivity contribution < 1.29 is 33.4 Å². The number of hydrogen-bond donors (Lipinski definition) is 4. The Hall–Kier alpha value is -4.24. The number of benzene rings is 2. The minimum atomic E-state index is -0.911. The van der Waals surface area contributed by atoms with Crippen molar-refractivity contribution in [3.63, 3.8) is 0 Å². The number of hydrazine groups is 1. The number of fused-ring (bicyclic) bond motifs is 1. The minimum absolute atomic E-state index is 0.200. The van der Waals surface area contributed by atoms with Crippen LogP contribution >= 0.6 is 11.3 Å². The topological polar surface area (TPSA) is 151 Å². The van der Waals surface area contributed by atoms with Gasteiger partial charge in [-0.1, -0.05) is 48.5 Å². The van der Waals surface area contributed by atoms with Crippen LogP contribution in [-0.2, 0) is 36.9 Å². The summed E-state index contributed by atoms with van der Waals surface area (Å²) in [6.45, 7) is 12.5. The number of unbranched alkanes of at least 4 members (excludes halogenated alkanes) is 1. The molecule has 1 aromatic heterocycles. The standard InChI is InChI=1S/C38H56N6O7S/c1-8-49-35(50-9-2)27(3)44(24-29-26-52-32-21-14-13-19-30(29)32)34(46)31(20-15-16-22-39-37(48)51-38(4,5)6)41-33(45)25-43(7)42-36(47)40-23-28-17-11-10-12-18-28/h10-14,17-19,21,26-27,31,35H,8-9,15-16,20,22-25H2,1-7H3,(H,39,48)(H,41,45)(H2,40,42,47)/t27-,31-/m0/s1. The zero-order chi connectivity index (χ0) is 38.1. The second-order valence-electron chi connectivity index (χ2n) is 13.4. The minimum Gasteiger partial charge on any atom is -0.444 e. The van der Waals surface area contributed by atoms with Crippen molar-refractivity contribution in [1.29, 1.82) is 0 Å². The van der Waals surface area contributed by atoms with Gasteiger partial charge in [-0.05, 0) is 88.8 Å². The summed E-state index contributed by atoms with van der Waals surface area (Å²) < 4.78 is 18.3. The Morgan fingerprint density at radius 2 is 1.58 bits per heavy atom. The number of carbonyl (C=O) groups is 4. The van der Waals surface area contributed by atoms with Crippen LogP contribution in [0.1, 0.15) is 71.9 Å².